The standard InChI is InChI=1S/C15H22N2O4S/c1-11(2)17-7-5-12-9-13(3-4-14(12)10-17)15(18)16-6-8-22(19,20)21/h3-4,9,11H,5-8,10H2,1-2H3,(H,16,18)(H,19,20,21). The molecule has 0 unspecified atom stereocenters. The van der Waals surface area contributed by atoms with E-state index in [2.05, 4.69) is 24.1 Å². The molecular formula is C15H22N2O4S. The van der Waals surface area contributed by atoms with Gasteiger partial charge in [-0.25, -0.2) is 0 Å². The minimum absolute atomic E-state index is 0.101. The summed E-state index contributed by atoms with van der Waals surface area (Å²) in [6.45, 7) is 6.09. The highest BCUT2D eigenvalue weighted by molar-refractivity contribution is 7.85. The molecule has 1 amide bonds. The fourth-order valence-corrected chi connectivity index (χ4v) is 2.91. The second-order valence-corrected chi connectivity index (χ2v) is 7.41. The van der Waals surface area contributed by atoms with Crippen LogP contribution in [0.4, 0.5) is 0 Å². The summed E-state index contributed by atoms with van der Waals surface area (Å²) in [5, 5.41) is 2.50. The minimum atomic E-state index is -4.05. The number of nitrogens with zero attached hydrogens (tertiary/aromatic N) is 1. The van der Waals surface area contributed by atoms with Crippen molar-refractivity contribution in [3.63, 3.8) is 0 Å². The van der Waals surface area contributed by atoms with Crippen molar-refractivity contribution in [2.45, 2.75) is 32.9 Å². The lowest BCUT2D eigenvalue weighted by Gasteiger charge is -2.32. The van der Waals surface area contributed by atoms with Gasteiger partial charge in [-0.05, 0) is 43.5 Å². The third kappa shape index (κ3) is 4.53. The predicted molar refractivity (Wildman–Crippen MR) is 84.4 cm³/mol. The highest BCUT2D eigenvalue weighted by Gasteiger charge is 2.19. The highest BCUT2D eigenvalue weighted by Crippen LogP contribution is 2.21. The van der Waals surface area contributed by atoms with Gasteiger partial charge >= 0.3 is 0 Å². The lowest BCUT2D eigenvalue weighted by Crippen LogP contribution is -2.36. The van der Waals surface area contributed by atoms with E-state index in [1.165, 1.54) is 11.1 Å². The van der Waals surface area contributed by atoms with Crippen molar-refractivity contribution in [2.75, 3.05) is 18.8 Å². The fourth-order valence-electron chi connectivity index (χ4n) is 2.55. The smallest absolute Gasteiger partial charge is 0.266 e. The lowest BCUT2D eigenvalue weighted by molar-refractivity contribution is 0.0955. The van der Waals surface area contributed by atoms with Gasteiger partial charge in [0.2, 0.25) is 0 Å². The van der Waals surface area contributed by atoms with Crippen molar-refractivity contribution in [3.05, 3.63) is 34.9 Å². The molecule has 2 N–H and O–H groups in total. The van der Waals surface area contributed by atoms with E-state index in [4.69, 9.17) is 4.55 Å². The number of amides is 1. The summed E-state index contributed by atoms with van der Waals surface area (Å²) in [5.74, 6) is -0.801. The molecule has 1 heterocycles. The van der Waals surface area contributed by atoms with Crippen molar-refractivity contribution >= 4 is 16.0 Å². The Morgan fingerprint density at radius 1 is 1.36 bits per heavy atom. The molecule has 22 heavy (non-hydrogen) atoms. The molecule has 7 heteroatoms. The molecule has 0 fully saturated rings. The number of carbonyl (C=O) groups is 1. The number of rotatable bonds is 5. The quantitative estimate of drug-likeness (QED) is 0.791. The molecule has 0 spiro atoms. The molecule has 0 saturated heterocycles. The van der Waals surface area contributed by atoms with Crippen LogP contribution in [-0.4, -0.2) is 48.7 Å². The van der Waals surface area contributed by atoms with Crippen molar-refractivity contribution in [3.8, 4) is 0 Å². The topological polar surface area (TPSA) is 86.7 Å². The third-order valence-electron chi connectivity index (χ3n) is 3.89. The Morgan fingerprint density at radius 3 is 2.73 bits per heavy atom. The van der Waals surface area contributed by atoms with Crippen molar-refractivity contribution in [1.29, 1.82) is 0 Å². The SMILES string of the molecule is CC(C)N1CCc2cc(C(=O)NCCS(=O)(=O)O)ccc2C1. The van der Waals surface area contributed by atoms with E-state index < -0.39 is 15.9 Å². The van der Waals surface area contributed by atoms with E-state index in [9.17, 15) is 13.2 Å². The van der Waals surface area contributed by atoms with Gasteiger partial charge in [0, 0.05) is 31.2 Å². The summed E-state index contributed by atoms with van der Waals surface area (Å²) in [6.07, 6.45) is 0.902. The third-order valence-corrected chi connectivity index (χ3v) is 4.61. The molecule has 0 bridgehead atoms. The first-order chi connectivity index (χ1) is 10.3. The molecule has 6 nitrogen and oxygen atoms in total. The second-order valence-electron chi connectivity index (χ2n) is 5.84. The van der Waals surface area contributed by atoms with Crippen LogP contribution in [0.3, 0.4) is 0 Å². The normalized spacial score (nSPS) is 15.6. The zero-order valence-electron chi connectivity index (χ0n) is 12.9. The van der Waals surface area contributed by atoms with Gasteiger partial charge in [0.15, 0.2) is 0 Å². The van der Waals surface area contributed by atoms with E-state index >= 15 is 0 Å². The van der Waals surface area contributed by atoms with Gasteiger partial charge in [-0.3, -0.25) is 14.2 Å². The lowest BCUT2D eigenvalue weighted by atomic mass is 9.96. The number of fused-ring (bicyclic) bond motifs is 1. The number of hydrogen-bond donors (Lipinski definition) is 2. The van der Waals surface area contributed by atoms with E-state index in [1.807, 2.05) is 12.1 Å². The van der Waals surface area contributed by atoms with E-state index in [0.717, 1.165) is 19.5 Å². The average Bonchev–Trinajstić information content (AvgIpc) is 2.44. The van der Waals surface area contributed by atoms with Crippen LogP contribution in [0, 0.1) is 0 Å². The molecule has 1 aromatic rings. The summed E-state index contributed by atoms with van der Waals surface area (Å²) < 4.78 is 29.9. The molecular weight excluding hydrogens is 304 g/mol. The van der Waals surface area contributed by atoms with Crippen LogP contribution >= 0.6 is 0 Å². The molecule has 2 rings (SSSR count). The molecule has 1 aromatic carbocycles. The van der Waals surface area contributed by atoms with Gasteiger partial charge in [-0.15, -0.1) is 0 Å². The summed E-state index contributed by atoms with van der Waals surface area (Å²) in [6, 6.07) is 6.08. The summed E-state index contributed by atoms with van der Waals surface area (Å²) >= 11 is 0. The number of benzene rings is 1. The zero-order chi connectivity index (χ0) is 16.3. The first-order valence-electron chi connectivity index (χ1n) is 7.35. The minimum Gasteiger partial charge on any atom is -0.351 e. The molecule has 122 valence electrons. The maximum Gasteiger partial charge on any atom is 0.266 e. The molecule has 0 aromatic heterocycles. The first-order valence-corrected chi connectivity index (χ1v) is 8.96. The average molecular weight is 326 g/mol. The monoisotopic (exact) mass is 326 g/mol. The molecule has 1 aliphatic rings. The summed E-state index contributed by atoms with van der Waals surface area (Å²) in [4.78, 5) is 14.4. The Morgan fingerprint density at radius 2 is 2.09 bits per heavy atom. The summed E-state index contributed by atoms with van der Waals surface area (Å²) in [7, 11) is -4.05. The maximum absolute atomic E-state index is 12.0. The Hall–Kier alpha value is -1.44. The second kappa shape index (κ2) is 6.76. The van der Waals surface area contributed by atoms with Crippen LogP contribution in [0.15, 0.2) is 18.2 Å². The predicted octanol–water partition coefficient (Wildman–Crippen LogP) is 1.07. The zero-order valence-corrected chi connectivity index (χ0v) is 13.7. The van der Waals surface area contributed by atoms with Gasteiger partial charge < -0.3 is 5.32 Å². The molecule has 1 aliphatic heterocycles. The first kappa shape index (κ1) is 16.9. The van der Waals surface area contributed by atoms with Crippen LogP contribution < -0.4 is 5.32 Å². The number of hydrogen-bond acceptors (Lipinski definition) is 4. The molecule has 0 saturated carbocycles. The van der Waals surface area contributed by atoms with E-state index in [1.54, 1.807) is 6.07 Å². The Labute approximate surface area is 131 Å². The Balaban J connectivity index is 2.01. The Kier molecular flexibility index (Phi) is 5.20. The van der Waals surface area contributed by atoms with Crippen LogP contribution in [0.5, 0.6) is 0 Å². The number of carbonyl (C=O) groups excluding carboxylic acids is 1. The highest BCUT2D eigenvalue weighted by atomic mass is 32.2. The van der Waals surface area contributed by atoms with Crippen LogP contribution in [0.2, 0.25) is 0 Å². The van der Waals surface area contributed by atoms with Gasteiger partial charge in [0.25, 0.3) is 16.0 Å². The van der Waals surface area contributed by atoms with E-state index in [0.29, 0.717) is 11.6 Å². The van der Waals surface area contributed by atoms with Crippen molar-refractivity contribution < 1.29 is 17.8 Å². The van der Waals surface area contributed by atoms with Gasteiger partial charge in [-0.2, -0.15) is 8.42 Å². The largest absolute Gasteiger partial charge is 0.351 e. The maximum atomic E-state index is 12.0. The van der Waals surface area contributed by atoms with Crippen molar-refractivity contribution in [1.82, 2.24) is 10.2 Å². The van der Waals surface area contributed by atoms with Crippen LogP contribution in [0.25, 0.3) is 0 Å². The molecule has 0 atom stereocenters. The van der Waals surface area contributed by atoms with Gasteiger partial charge in [-0.1, -0.05) is 6.07 Å². The number of nitrogens with one attached hydrogen (secondary N) is 1. The molecule has 0 radical (unpaired) electrons. The fraction of sp³-hybridized carbons (Fsp3) is 0.533. The summed E-state index contributed by atoms with van der Waals surface area (Å²) in [5.41, 5.74) is 2.92. The molecule has 0 aliphatic carbocycles. The van der Waals surface area contributed by atoms with Gasteiger partial charge in [0.1, 0.15) is 0 Å². The Bertz CT molecular complexity index is 656. The van der Waals surface area contributed by atoms with Crippen molar-refractivity contribution in [2.24, 2.45) is 0 Å². The van der Waals surface area contributed by atoms with Gasteiger partial charge in [0.05, 0.1) is 5.75 Å². The van der Waals surface area contributed by atoms with E-state index in [-0.39, 0.29) is 12.5 Å². The van der Waals surface area contributed by atoms with Crippen LogP contribution in [-0.2, 0) is 23.1 Å². The van der Waals surface area contributed by atoms with Crippen LogP contribution in [0.1, 0.15) is 35.3 Å².